The Kier molecular flexibility index (Phi) is 6.51. The Bertz CT molecular complexity index is 1050. The van der Waals surface area contributed by atoms with Crippen LogP contribution in [0.25, 0.3) is 11.0 Å². The van der Waals surface area contributed by atoms with Gasteiger partial charge in [0.15, 0.2) is 5.82 Å². The lowest BCUT2D eigenvalue weighted by atomic mass is 10.1. The third-order valence-electron chi connectivity index (χ3n) is 4.68. The molecular formula is C20H21BrFN3O4. The quantitative estimate of drug-likeness (QED) is 0.402. The Balaban J connectivity index is 1.99. The molecule has 1 unspecified atom stereocenters. The molecule has 1 aromatic heterocycles. The fourth-order valence-electron chi connectivity index (χ4n) is 3.12. The van der Waals surface area contributed by atoms with Gasteiger partial charge in [-0.05, 0) is 49.6 Å². The largest absolute Gasteiger partial charge is 0.478 e. The van der Waals surface area contributed by atoms with E-state index in [1.165, 1.54) is 12.4 Å². The van der Waals surface area contributed by atoms with Crippen LogP contribution >= 0.6 is 15.9 Å². The summed E-state index contributed by atoms with van der Waals surface area (Å²) in [6.45, 7) is 1.91. The van der Waals surface area contributed by atoms with Crippen molar-refractivity contribution in [2.24, 2.45) is 0 Å². The number of aliphatic hydroxyl groups is 2. The first kappa shape index (κ1) is 21.2. The molecule has 0 fully saturated rings. The lowest BCUT2D eigenvalue weighted by Crippen LogP contribution is -2.12. The van der Waals surface area contributed by atoms with Gasteiger partial charge in [-0.1, -0.05) is 15.9 Å². The second-order valence-electron chi connectivity index (χ2n) is 6.79. The smallest absolute Gasteiger partial charge is 0.338 e. The van der Waals surface area contributed by atoms with Crippen LogP contribution in [0.15, 0.2) is 35.1 Å². The molecule has 0 aliphatic rings. The molecule has 0 bridgehead atoms. The molecule has 0 saturated carbocycles. The topological polar surface area (TPSA) is 108 Å². The number of nitrogens with one attached hydrogen (secondary N) is 1. The number of fused-ring (bicyclic) bond motifs is 1. The number of aryl methyl sites for hydroxylation is 2. The maximum absolute atomic E-state index is 15.2. The van der Waals surface area contributed by atoms with Gasteiger partial charge in [0, 0.05) is 16.7 Å². The summed E-state index contributed by atoms with van der Waals surface area (Å²) < 4.78 is 17.7. The third-order valence-corrected chi connectivity index (χ3v) is 5.17. The first-order chi connectivity index (χ1) is 13.8. The summed E-state index contributed by atoms with van der Waals surface area (Å²) >= 11 is 3.36. The minimum absolute atomic E-state index is 0.0648. The van der Waals surface area contributed by atoms with Crippen LogP contribution in [0.1, 0.15) is 28.8 Å². The highest BCUT2D eigenvalue weighted by Gasteiger charge is 2.22. The monoisotopic (exact) mass is 465 g/mol. The number of benzene rings is 2. The Morgan fingerprint density at radius 1 is 1.38 bits per heavy atom. The maximum Gasteiger partial charge on any atom is 0.338 e. The summed E-state index contributed by atoms with van der Waals surface area (Å²) in [5.74, 6) is -2.00. The minimum atomic E-state index is -1.26. The van der Waals surface area contributed by atoms with E-state index in [2.05, 4.69) is 26.2 Å². The Hall–Kier alpha value is -2.49. The van der Waals surface area contributed by atoms with Gasteiger partial charge in [-0.3, -0.25) is 0 Å². The van der Waals surface area contributed by atoms with Gasteiger partial charge in [0.25, 0.3) is 0 Å². The predicted molar refractivity (Wildman–Crippen MR) is 111 cm³/mol. The van der Waals surface area contributed by atoms with Gasteiger partial charge < -0.3 is 25.2 Å². The molecule has 0 aliphatic carbocycles. The second-order valence-corrected chi connectivity index (χ2v) is 7.70. The highest BCUT2D eigenvalue weighted by atomic mass is 79.9. The highest BCUT2D eigenvalue weighted by molar-refractivity contribution is 9.10. The van der Waals surface area contributed by atoms with E-state index in [9.17, 15) is 15.0 Å². The van der Waals surface area contributed by atoms with Crippen LogP contribution in [0.2, 0.25) is 0 Å². The number of imidazole rings is 1. The third kappa shape index (κ3) is 4.58. The number of carbonyl (C=O) groups is 1. The molecule has 9 heteroatoms. The molecule has 0 radical (unpaired) electrons. The number of aromatic carboxylic acids is 1. The molecule has 29 heavy (non-hydrogen) atoms. The fraction of sp³-hybridized carbons (Fsp3) is 0.300. The number of aliphatic hydroxyl groups excluding tert-OH is 2. The molecule has 3 rings (SSSR count). The van der Waals surface area contributed by atoms with Gasteiger partial charge in [-0.15, -0.1) is 0 Å². The average Bonchev–Trinajstić information content (AvgIpc) is 3.08. The Morgan fingerprint density at radius 2 is 2.14 bits per heavy atom. The molecule has 4 N–H and O–H groups in total. The van der Waals surface area contributed by atoms with Crippen molar-refractivity contribution in [2.75, 3.05) is 11.9 Å². The van der Waals surface area contributed by atoms with Crippen molar-refractivity contribution in [3.63, 3.8) is 0 Å². The first-order valence-corrected chi connectivity index (χ1v) is 9.83. The fourth-order valence-corrected chi connectivity index (χ4v) is 3.59. The summed E-state index contributed by atoms with van der Waals surface area (Å²) in [7, 11) is 0. The normalized spacial score (nSPS) is 12.3. The molecule has 1 heterocycles. The first-order valence-electron chi connectivity index (χ1n) is 9.04. The van der Waals surface area contributed by atoms with E-state index in [0.29, 0.717) is 30.6 Å². The molecule has 0 spiro atoms. The highest BCUT2D eigenvalue weighted by Crippen LogP contribution is 2.32. The van der Waals surface area contributed by atoms with E-state index < -0.39 is 17.9 Å². The van der Waals surface area contributed by atoms with Crippen molar-refractivity contribution < 1.29 is 24.5 Å². The number of hydrogen-bond donors (Lipinski definition) is 4. The summed E-state index contributed by atoms with van der Waals surface area (Å²) in [5, 5.41) is 30.9. The SMILES string of the molecule is Cc1cc(Br)ccc1Nc1c(C(=O)O)cc2c(ncn2CCCC(O)CO)c1F. The number of halogens is 2. The lowest BCUT2D eigenvalue weighted by Gasteiger charge is -2.14. The van der Waals surface area contributed by atoms with Crippen LogP contribution in [0.5, 0.6) is 0 Å². The van der Waals surface area contributed by atoms with Crippen molar-refractivity contribution in [3.05, 3.63) is 52.0 Å². The molecule has 154 valence electrons. The van der Waals surface area contributed by atoms with E-state index >= 15 is 4.39 Å². The molecule has 0 aliphatic heterocycles. The van der Waals surface area contributed by atoms with E-state index in [-0.39, 0.29) is 23.4 Å². The number of hydrogen-bond acceptors (Lipinski definition) is 5. The zero-order valence-electron chi connectivity index (χ0n) is 15.7. The van der Waals surface area contributed by atoms with E-state index in [1.807, 2.05) is 13.0 Å². The van der Waals surface area contributed by atoms with Crippen LogP contribution < -0.4 is 5.32 Å². The lowest BCUT2D eigenvalue weighted by molar-refractivity contribution is 0.0697. The maximum atomic E-state index is 15.2. The minimum Gasteiger partial charge on any atom is -0.478 e. The van der Waals surface area contributed by atoms with Crippen molar-refractivity contribution in [1.29, 1.82) is 0 Å². The second kappa shape index (κ2) is 8.89. The van der Waals surface area contributed by atoms with Crippen molar-refractivity contribution in [3.8, 4) is 0 Å². The van der Waals surface area contributed by atoms with Crippen molar-refractivity contribution >= 4 is 44.3 Å². The molecule has 1 atom stereocenters. The van der Waals surface area contributed by atoms with E-state index in [4.69, 9.17) is 5.11 Å². The number of carboxylic acid groups (broad SMARTS) is 1. The van der Waals surface area contributed by atoms with E-state index in [0.717, 1.165) is 10.0 Å². The summed E-state index contributed by atoms with van der Waals surface area (Å²) in [6.07, 6.45) is 1.52. The molecule has 7 nitrogen and oxygen atoms in total. The van der Waals surface area contributed by atoms with Crippen molar-refractivity contribution in [1.82, 2.24) is 9.55 Å². The molecular weight excluding hydrogens is 445 g/mol. The number of rotatable bonds is 8. The van der Waals surface area contributed by atoms with Gasteiger partial charge in [0.1, 0.15) is 5.52 Å². The average molecular weight is 466 g/mol. The molecule has 0 amide bonds. The molecule has 2 aromatic carbocycles. The zero-order valence-corrected chi connectivity index (χ0v) is 17.3. The van der Waals surface area contributed by atoms with Gasteiger partial charge in [-0.25, -0.2) is 14.2 Å². The predicted octanol–water partition coefficient (Wildman–Crippen LogP) is 3.82. The number of nitrogens with zero attached hydrogens (tertiary/aromatic N) is 2. The summed E-state index contributed by atoms with van der Waals surface area (Å²) in [6, 6.07) is 6.75. The van der Waals surface area contributed by atoms with Gasteiger partial charge in [-0.2, -0.15) is 0 Å². The van der Waals surface area contributed by atoms with Gasteiger partial charge in [0.2, 0.25) is 0 Å². The molecule has 3 aromatic rings. The van der Waals surface area contributed by atoms with Crippen LogP contribution in [0, 0.1) is 12.7 Å². The number of aromatic nitrogens is 2. The molecule has 0 saturated heterocycles. The van der Waals surface area contributed by atoms with Crippen LogP contribution in [0.3, 0.4) is 0 Å². The van der Waals surface area contributed by atoms with Crippen LogP contribution in [-0.2, 0) is 6.54 Å². The van der Waals surface area contributed by atoms with Gasteiger partial charge in [0.05, 0.1) is 35.8 Å². The summed E-state index contributed by atoms with van der Waals surface area (Å²) in [5.41, 5.74) is 1.49. The van der Waals surface area contributed by atoms with Crippen molar-refractivity contribution in [2.45, 2.75) is 32.4 Å². The van der Waals surface area contributed by atoms with Crippen LogP contribution in [-0.4, -0.2) is 43.6 Å². The Morgan fingerprint density at radius 3 is 2.79 bits per heavy atom. The standard InChI is InChI=1S/C20H21BrFN3O4/c1-11-7-12(21)4-5-15(11)24-18-14(20(28)29)8-16-19(17(18)22)23-10-25(16)6-2-3-13(27)9-26/h4-5,7-8,10,13,24,26-27H,2-3,6,9H2,1H3,(H,28,29). The number of carboxylic acids is 1. The van der Waals surface area contributed by atoms with Gasteiger partial charge >= 0.3 is 5.97 Å². The van der Waals surface area contributed by atoms with Crippen LogP contribution in [0.4, 0.5) is 15.8 Å². The zero-order chi connectivity index (χ0) is 21.1. The van der Waals surface area contributed by atoms with E-state index in [1.54, 1.807) is 16.7 Å². The summed E-state index contributed by atoms with van der Waals surface area (Å²) in [4.78, 5) is 15.9. The Labute approximate surface area is 174 Å². The number of anilines is 2.